The molecule has 0 saturated carbocycles. The Balaban J connectivity index is 2.09. The summed E-state index contributed by atoms with van der Waals surface area (Å²) in [7, 11) is -3.47. The maximum Gasteiger partial charge on any atom is 0.250 e. The van der Waals surface area contributed by atoms with Gasteiger partial charge in [0.2, 0.25) is 10.0 Å². The maximum absolute atomic E-state index is 11.8. The number of thiophene rings is 1. The van der Waals surface area contributed by atoms with Crippen molar-refractivity contribution in [2.75, 3.05) is 0 Å². The maximum atomic E-state index is 11.8. The van der Waals surface area contributed by atoms with E-state index in [4.69, 9.17) is 11.6 Å². The summed E-state index contributed by atoms with van der Waals surface area (Å²) in [6.45, 7) is 0.203. The predicted octanol–water partition coefficient (Wildman–Crippen LogP) is 1.60. The van der Waals surface area contributed by atoms with Crippen LogP contribution in [0.5, 0.6) is 0 Å². The van der Waals surface area contributed by atoms with Crippen LogP contribution in [-0.2, 0) is 16.6 Å². The number of halogens is 1. The van der Waals surface area contributed by atoms with Gasteiger partial charge in [-0.15, -0.1) is 11.3 Å². The fourth-order valence-electron chi connectivity index (χ4n) is 1.07. The smallest absolute Gasteiger partial charge is 0.250 e. The Morgan fingerprint density at radius 3 is 2.88 bits per heavy atom. The van der Waals surface area contributed by atoms with E-state index in [-0.39, 0.29) is 10.8 Å². The van der Waals surface area contributed by atoms with E-state index in [1.165, 1.54) is 6.07 Å². The number of H-pyrrole nitrogens is 1. The third-order valence-corrected chi connectivity index (χ3v) is 4.96. The number of hydrogen-bond acceptors (Lipinski definition) is 4. The van der Waals surface area contributed by atoms with E-state index in [0.717, 1.165) is 16.9 Å². The van der Waals surface area contributed by atoms with E-state index >= 15 is 0 Å². The molecule has 0 spiro atoms. The van der Waals surface area contributed by atoms with Gasteiger partial charge in [-0.3, -0.25) is 5.10 Å². The number of aromatic amines is 1. The highest BCUT2D eigenvalue weighted by Crippen LogP contribution is 2.25. The van der Waals surface area contributed by atoms with Crippen LogP contribution in [0.1, 0.15) is 5.56 Å². The van der Waals surface area contributed by atoms with Crippen molar-refractivity contribution in [1.82, 2.24) is 14.9 Å². The van der Waals surface area contributed by atoms with Crippen molar-refractivity contribution in [2.24, 2.45) is 0 Å². The molecule has 0 aromatic carbocycles. The minimum Gasteiger partial charge on any atom is -0.285 e. The average Bonchev–Trinajstić information content (AvgIpc) is 2.85. The summed E-state index contributed by atoms with van der Waals surface area (Å²) >= 11 is 6.70. The van der Waals surface area contributed by atoms with Crippen LogP contribution in [0.4, 0.5) is 0 Å². The number of rotatable bonds is 4. The third-order valence-electron chi connectivity index (χ3n) is 1.83. The zero-order chi connectivity index (χ0) is 11.6. The van der Waals surface area contributed by atoms with Crippen molar-refractivity contribution in [1.29, 1.82) is 0 Å². The molecule has 0 amide bonds. The molecule has 0 unspecified atom stereocenters. The summed E-state index contributed by atoms with van der Waals surface area (Å²) < 4.78 is 26.6. The van der Waals surface area contributed by atoms with Crippen molar-refractivity contribution in [3.05, 3.63) is 34.4 Å². The minimum atomic E-state index is -3.47. The van der Waals surface area contributed by atoms with Gasteiger partial charge in [-0.1, -0.05) is 11.6 Å². The van der Waals surface area contributed by atoms with Gasteiger partial charge in [0.15, 0.2) is 0 Å². The quantitative estimate of drug-likeness (QED) is 0.891. The molecule has 0 radical (unpaired) electrons. The number of sulfonamides is 1. The highest BCUT2D eigenvalue weighted by molar-refractivity contribution is 7.91. The molecular formula is C8H8ClN3O2S2. The first kappa shape index (κ1) is 11.6. The van der Waals surface area contributed by atoms with Crippen LogP contribution in [0.25, 0.3) is 0 Å². The van der Waals surface area contributed by atoms with E-state index in [2.05, 4.69) is 14.9 Å². The fraction of sp³-hybridized carbons (Fsp3) is 0.125. The summed E-state index contributed by atoms with van der Waals surface area (Å²) in [5.74, 6) is 0. The molecule has 2 aromatic heterocycles. The topological polar surface area (TPSA) is 74.8 Å². The summed E-state index contributed by atoms with van der Waals surface area (Å²) in [5, 5.41) is 6.33. The van der Waals surface area contributed by atoms with Gasteiger partial charge in [-0.2, -0.15) is 5.10 Å². The van der Waals surface area contributed by atoms with Gasteiger partial charge < -0.3 is 0 Å². The fourth-order valence-corrected chi connectivity index (χ4v) is 3.61. The van der Waals surface area contributed by atoms with Crippen LogP contribution in [0.15, 0.2) is 28.7 Å². The van der Waals surface area contributed by atoms with Gasteiger partial charge in [-0.05, 0) is 12.1 Å². The normalized spacial score (nSPS) is 11.8. The Kier molecular flexibility index (Phi) is 3.29. The predicted molar refractivity (Wildman–Crippen MR) is 61.9 cm³/mol. The Morgan fingerprint density at radius 2 is 2.31 bits per heavy atom. The molecule has 0 atom stereocenters. The van der Waals surface area contributed by atoms with Gasteiger partial charge in [0.1, 0.15) is 4.21 Å². The van der Waals surface area contributed by atoms with E-state index in [1.54, 1.807) is 18.5 Å². The van der Waals surface area contributed by atoms with Crippen molar-refractivity contribution >= 4 is 33.0 Å². The summed E-state index contributed by atoms with van der Waals surface area (Å²) in [4.78, 5) is 0. The second-order valence-electron chi connectivity index (χ2n) is 2.99. The molecule has 0 aliphatic rings. The van der Waals surface area contributed by atoms with Crippen LogP contribution in [0.2, 0.25) is 4.34 Å². The molecule has 0 aliphatic carbocycles. The summed E-state index contributed by atoms with van der Waals surface area (Å²) in [6.07, 6.45) is 3.19. The molecule has 0 bridgehead atoms. The van der Waals surface area contributed by atoms with Crippen LogP contribution in [-0.4, -0.2) is 18.6 Å². The lowest BCUT2D eigenvalue weighted by Crippen LogP contribution is -2.22. The average molecular weight is 278 g/mol. The number of nitrogens with one attached hydrogen (secondary N) is 2. The molecule has 8 heteroatoms. The van der Waals surface area contributed by atoms with Crippen LogP contribution >= 0.6 is 22.9 Å². The summed E-state index contributed by atoms with van der Waals surface area (Å²) in [6, 6.07) is 3.03. The highest BCUT2D eigenvalue weighted by Gasteiger charge is 2.16. The van der Waals surface area contributed by atoms with Crippen molar-refractivity contribution < 1.29 is 8.42 Å². The second kappa shape index (κ2) is 4.54. The standard InChI is InChI=1S/C8H8ClN3O2S2/c9-7-1-2-8(15-7)16(13,14)12-5-6-3-10-11-4-6/h1-4,12H,5H2,(H,10,11). The Labute approximate surface area is 102 Å². The molecule has 0 aliphatic heterocycles. The molecule has 86 valence electrons. The first-order valence-corrected chi connectivity index (χ1v) is 6.98. The van der Waals surface area contributed by atoms with Gasteiger partial charge in [0, 0.05) is 18.3 Å². The molecule has 2 aromatic rings. The van der Waals surface area contributed by atoms with Gasteiger partial charge in [-0.25, -0.2) is 13.1 Å². The Morgan fingerprint density at radius 1 is 1.50 bits per heavy atom. The van der Waals surface area contributed by atoms with Gasteiger partial charge in [0.25, 0.3) is 0 Å². The molecule has 2 heterocycles. The number of hydrogen-bond donors (Lipinski definition) is 2. The minimum absolute atomic E-state index is 0.203. The third kappa shape index (κ3) is 2.62. The molecule has 2 rings (SSSR count). The lowest BCUT2D eigenvalue weighted by Gasteiger charge is -2.01. The first-order valence-electron chi connectivity index (χ1n) is 4.30. The van der Waals surface area contributed by atoms with Gasteiger partial charge >= 0.3 is 0 Å². The van der Waals surface area contributed by atoms with Crippen molar-refractivity contribution in [3.8, 4) is 0 Å². The molecular weight excluding hydrogens is 270 g/mol. The number of nitrogens with zero attached hydrogens (tertiary/aromatic N) is 1. The van der Waals surface area contributed by atoms with Gasteiger partial charge in [0.05, 0.1) is 10.5 Å². The monoisotopic (exact) mass is 277 g/mol. The van der Waals surface area contributed by atoms with E-state index in [1.807, 2.05) is 0 Å². The number of aromatic nitrogens is 2. The Bertz CT molecular complexity index is 562. The first-order chi connectivity index (χ1) is 7.58. The summed E-state index contributed by atoms with van der Waals surface area (Å²) in [5.41, 5.74) is 0.770. The molecule has 5 nitrogen and oxygen atoms in total. The Hall–Kier alpha value is -0.890. The zero-order valence-electron chi connectivity index (χ0n) is 7.97. The van der Waals surface area contributed by atoms with E-state index < -0.39 is 10.0 Å². The van der Waals surface area contributed by atoms with Crippen LogP contribution in [0.3, 0.4) is 0 Å². The SMILES string of the molecule is O=S(=O)(NCc1cn[nH]c1)c1ccc(Cl)s1. The molecule has 0 saturated heterocycles. The lowest BCUT2D eigenvalue weighted by molar-refractivity contribution is 0.583. The van der Waals surface area contributed by atoms with E-state index in [9.17, 15) is 8.42 Å². The molecule has 16 heavy (non-hydrogen) atoms. The zero-order valence-corrected chi connectivity index (χ0v) is 10.4. The highest BCUT2D eigenvalue weighted by atomic mass is 35.5. The van der Waals surface area contributed by atoms with Crippen molar-refractivity contribution in [2.45, 2.75) is 10.8 Å². The largest absolute Gasteiger partial charge is 0.285 e. The second-order valence-corrected chi connectivity index (χ2v) is 6.70. The molecule has 2 N–H and O–H groups in total. The molecule has 0 fully saturated rings. The van der Waals surface area contributed by atoms with Crippen LogP contribution < -0.4 is 4.72 Å². The van der Waals surface area contributed by atoms with E-state index in [0.29, 0.717) is 4.34 Å². The van der Waals surface area contributed by atoms with Crippen LogP contribution in [0, 0.1) is 0 Å². The lowest BCUT2D eigenvalue weighted by atomic mass is 10.4. The van der Waals surface area contributed by atoms with Crippen molar-refractivity contribution in [3.63, 3.8) is 0 Å².